The molecular weight excluding hydrogens is 507 g/mol. The zero-order valence-corrected chi connectivity index (χ0v) is 20.0. The van der Waals surface area contributed by atoms with Crippen molar-refractivity contribution in [3.05, 3.63) is 62.6 Å². The summed E-state index contributed by atoms with van der Waals surface area (Å²) >= 11 is 6.61. The smallest absolute Gasteiger partial charge is 0.342 e. The second-order valence-electron chi connectivity index (χ2n) is 7.53. The minimum absolute atomic E-state index is 0.0670. The van der Waals surface area contributed by atoms with Crippen molar-refractivity contribution in [3.8, 4) is 0 Å². The van der Waals surface area contributed by atoms with Gasteiger partial charge in [-0.05, 0) is 32.0 Å². The van der Waals surface area contributed by atoms with Crippen molar-refractivity contribution in [1.82, 2.24) is 30.0 Å². The molecule has 4 aromatic rings. The molecule has 0 saturated carbocycles. The van der Waals surface area contributed by atoms with Crippen LogP contribution in [0.25, 0.3) is 11.0 Å². The van der Waals surface area contributed by atoms with E-state index in [9.17, 15) is 22.8 Å². The minimum Gasteiger partial charge on any atom is -0.342 e. The van der Waals surface area contributed by atoms with Crippen molar-refractivity contribution in [2.75, 3.05) is 5.32 Å². The Balaban J connectivity index is 1.48. The van der Waals surface area contributed by atoms with Gasteiger partial charge < -0.3 is 10.6 Å². The Hall–Kier alpha value is -3.58. The Labute approximate surface area is 205 Å². The fraction of sp³-hybridized carbons (Fsp3) is 0.238. The molecule has 35 heavy (non-hydrogen) atoms. The van der Waals surface area contributed by atoms with Crippen molar-refractivity contribution in [2.24, 2.45) is 7.05 Å². The van der Waals surface area contributed by atoms with Crippen molar-refractivity contribution in [2.45, 2.75) is 26.1 Å². The first-order valence-electron chi connectivity index (χ1n) is 10.0. The summed E-state index contributed by atoms with van der Waals surface area (Å²) < 4.78 is 40.7. The number of halogens is 4. The number of nitrogens with one attached hydrogen (secondary N) is 2. The van der Waals surface area contributed by atoms with Gasteiger partial charge in [0.25, 0.3) is 11.8 Å². The number of carbonyl (C=O) groups is 2. The van der Waals surface area contributed by atoms with Crippen LogP contribution in [0.5, 0.6) is 0 Å². The molecule has 3 aromatic heterocycles. The lowest BCUT2D eigenvalue weighted by Crippen LogP contribution is -2.27. The Morgan fingerprint density at radius 1 is 1.17 bits per heavy atom. The molecule has 2 N–H and O–H groups in total. The zero-order valence-electron chi connectivity index (χ0n) is 18.4. The van der Waals surface area contributed by atoms with Crippen LogP contribution in [0.2, 0.25) is 5.02 Å². The highest BCUT2D eigenvalue weighted by Crippen LogP contribution is 2.36. The second-order valence-corrected chi connectivity index (χ2v) is 9.00. The highest BCUT2D eigenvalue weighted by molar-refractivity contribution is 7.13. The molecule has 182 valence electrons. The topological polar surface area (TPSA) is 115 Å². The molecule has 4 rings (SSSR count). The molecule has 0 aliphatic carbocycles. The molecule has 0 aliphatic heterocycles. The normalized spacial score (nSPS) is 12.5. The van der Waals surface area contributed by atoms with E-state index < -0.39 is 34.6 Å². The minimum atomic E-state index is -4.66. The Morgan fingerprint density at radius 2 is 1.91 bits per heavy atom. The number of anilines is 1. The van der Waals surface area contributed by atoms with Gasteiger partial charge in [0.15, 0.2) is 5.65 Å². The van der Waals surface area contributed by atoms with Crippen LogP contribution in [-0.2, 0) is 13.2 Å². The van der Waals surface area contributed by atoms with Gasteiger partial charge >= 0.3 is 6.18 Å². The van der Waals surface area contributed by atoms with Crippen molar-refractivity contribution >= 4 is 51.5 Å². The van der Waals surface area contributed by atoms with Crippen LogP contribution in [-0.4, -0.2) is 36.5 Å². The van der Waals surface area contributed by atoms with Gasteiger partial charge in [0.05, 0.1) is 33.9 Å². The molecule has 0 saturated heterocycles. The summed E-state index contributed by atoms with van der Waals surface area (Å²) in [6, 6.07) is 2.50. The molecular formula is C21H17ClF3N7O2S. The van der Waals surface area contributed by atoms with Gasteiger partial charge in [-0.1, -0.05) is 11.6 Å². The van der Waals surface area contributed by atoms with Crippen LogP contribution in [0.4, 0.5) is 18.9 Å². The maximum atomic E-state index is 13.1. The second kappa shape index (κ2) is 9.23. The number of rotatable bonds is 5. The van der Waals surface area contributed by atoms with Crippen LogP contribution in [0.15, 0.2) is 30.7 Å². The predicted octanol–water partition coefficient (Wildman–Crippen LogP) is 4.54. The maximum absolute atomic E-state index is 13.1. The number of thiazole rings is 1. The maximum Gasteiger partial charge on any atom is 0.417 e. The standard InChI is InChI=1S/C21H17ClF3N7O2S/c1-9-15-16(27-8-28-17(15)32(3)31-9)19(34)29-10(2)20-26-7-14(35-20)18(33)30-11-4-5-13(22)12(6-11)21(23,24)25/h4-8,10H,1-3H3,(H,29,34)(H,30,33)/t10-/m1/s1. The van der Waals surface area contributed by atoms with E-state index in [2.05, 4.69) is 30.7 Å². The molecule has 3 heterocycles. The lowest BCUT2D eigenvalue weighted by molar-refractivity contribution is -0.137. The van der Waals surface area contributed by atoms with Gasteiger partial charge in [-0.25, -0.2) is 15.0 Å². The van der Waals surface area contributed by atoms with E-state index in [1.807, 2.05) is 0 Å². The molecule has 0 bridgehead atoms. The van der Waals surface area contributed by atoms with Gasteiger partial charge in [0.1, 0.15) is 21.9 Å². The molecule has 2 amide bonds. The van der Waals surface area contributed by atoms with Crippen LogP contribution in [0.3, 0.4) is 0 Å². The summed E-state index contributed by atoms with van der Waals surface area (Å²) in [6.07, 6.45) is -2.10. The van der Waals surface area contributed by atoms with Gasteiger partial charge in [0, 0.05) is 12.7 Å². The van der Waals surface area contributed by atoms with E-state index in [0.29, 0.717) is 21.7 Å². The third kappa shape index (κ3) is 4.95. The first kappa shape index (κ1) is 24.5. The quantitative estimate of drug-likeness (QED) is 0.397. The van der Waals surface area contributed by atoms with Crippen molar-refractivity contribution in [1.29, 1.82) is 0 Å². The molecule has 0 radical (unpaired) electrons. The van der Waals surface area contributed by atoms with E-state index in [1.165, 1.54) is 18.6 Å². The third-order valence-electron chi connectivity index (χ3n) is 5.01. The molecule has 1 aromatic carbocycles. The van der Waals surface area contributed by atoms with Crippen LogP contribution >= 0.6 is 22.9 Å². The molecule has 0 fully saturated rings. The number of nitrogens with zero attached hydrogens (tertiary/aromatic N) is 5. The fourth-order valence-corrected chi connectivity index (χ4v) is 4.42. The Kier molecular flexibility index (Phi) is 6.47. The predicted molar refractivity (Wildman–Crippen MR) is 123 cm³/mol. The van der Waals surface area contributed by atoms with E-state index in [1.54, 1.807) is 25.6 Å². The van der Waals surface area contributed by atoms with E-state index >= 15 is 0 Å². The third-order valence-corrected chi connectivity index (χ3v) is 6.51. The molecule has 0 unspecified atom stereocenters. The van der Waals surface area contributed by atoms with Gasteiger partial charge in [-0.2, -0.15) is 18.3 Å². The molecule has 0 aliphatic rings. The van der Waals surface area contributed by atoms with Crippen LogP contribution < -0.4 is 10.6 Å². The summed E-state index contributed by atoms with van der Waals surface area (Å²) in [5, 5.41) is 9.93. The summed E-state index contributed by atoms with van der Waals surface area (Å²) in [6.45, 7) is 3.43. The lowest BCUT2D eigenvalue weighted by Gasteiger charge is -2.12. The van der Waals surface area contributed by atoms with Gasteiger partial charge in [0.2, 0.25) is 0 Å². The number of fused-ring (bicyclic) bond motifs is 1. The van der Waals surface area contributed by atoms with E-state index in [4.69, 9.17) is 11.6 Å². The number of hydrogen-bond acceptors (Lipinski definition) is 7. The molecule has 9 nitrogen and oxygen atoms in total. The summed E-state index contributed by atoms with van der Waals surface area (Å²) in [7, 11) is 1.71. The number of alkyl halides is 3. The number of aromatic nitrogens is 5. The lowest BCUT2D eigenvalue weighted by atomic mass is 10.2. The average Bonchev–Trinajstić information content (AvgIpc) is 3.39. The SMILES string of the molecule is Cc1nn(C)c2ncnc(C(=O)N[C@H](C)c3ncc(C(=O)Nc4ccc(Cl)c(C(F)(F)F)c4)s3)c12. The highest BCUT2D eigenvalue weighted by atomic mass is 35.5. The number of hydrogen-bond donors (Lipinski definition) is 2. The number of benzene rings is 1. The van der Waals surface area contributed by atoms with E-state index in [0.717, 1.165) is 23.5 Å². The molecule has 0 spiro atoms. The van der Waals surface area contributed by atoms with Crippen LogP contribution in [0, 0.1) is 6.92 Å². The van der Waals surface area contributed by atoms with Crippen molar-refractivity contribution in [3.63, 3.8) is 0 Å². The first-order chi connectivity index (χ1) is 16.5. The fourth-order valence-electron chi connectivity index (χ4n) is 3.38. The van der Waals surface area contributed by atoms with Gasteiger partial charge in [-0.3, -0.25) is 14.3 Å². The number of carbonyl (C=O) groups excluding carboxylic acids is 2. The first-order valence-corrected chi connectivity index (χ1v) is 11.2. The summed E-state index contributed by atoms with van der Waals surface area (Å²) in [5.74, 6) is -1.12. The zero-order chi connectivity index (χ0) is 25.5. The average molecular weight is 524 g/mol. The monoisotopic (exact) mass is 523 g/mol. The largest absolute Gasteiger partial charge is 0.417 e. The van der Waals surface area contributed by atoms with Crippen LogP contribution in [0.1, 0.15) is 49.4 Å². The van der Waals surface area contributed by atoms with Gasteiger partial charge in [-0.15, -0.1) is 11.3 Å². The summed E-state index contributed by atoms with van der Waals surface area (Å²) in [4.78, 5) is 38.0. The number of amides is 2. The van der Waals surface area contributed by atoms with E-state index in [-0.39, 0.29) is 16.3 Å². The van der Waals surface area contributed by atoms with Crippen molar-refractivity contribution < 1.29 is 22.8 Å². The Morgan fingerprint density at radius 3 is 2.63 bits per heavy atom. The highest BCUT2D eigenvalue weighted by Gasteiger charge is 2.33. The summed E-state index contributed by atoms with van der Waals surface area (Å²) in [5.41, 5.74) is 0.151. The Bertz CT molecular complexity index is 1450. The molecule has 1 atom stereocenters. The number of aryl methyl sites for hydroxylation is 2. The molecule has 14 heteroatoms.